The van der Waals surface area contributed by atoms with Crippen molar-refractivity contribution in [3.05, 3.63) is 21.6 Å². The zero-order valence-electron chi connectivity index (χ0n) is 12.3. The van der Waals surface area contributed by atoms with Gasteiger partial charge in [-0.25, -0.2) is 4.68 Å². The number of ether oxygens (including phenoxy) is 1. The molecule has 1 heterocycles. The van der Waals surface area contributed by atoms with Gasteiger partial charge in [-0.2, -0.15) is 5.10 Å². The van der Waals surface area contributed by atoms with Crippen molar-refractivity contribution >= 4 is 23.3 Å². The van der Waals surface area contributed by atoms with Gasteiger partial charge in [0.2, 0.25) is 0 Å². The standard InChI is InChI=1S/C13H20ClN3O4/c1-8(2)4-9(7-18)16-10-5-15-17(6-11(19)21-3)13(20)12(10)14/h5,8-9,16,18H,4,6-7H2,1-3H3. The maximum Gasteiger partial charge on any atom is 0.327 e. The highest BCUT2D eigenvalue weighted by molar-refractivity contribution is 6.32. The summed E-state index contributed by atoms with van der Waals surface area (Å²) < 4.78 is 5.40. The lowest BCUT2D eigenvalue weighted by atomic mass is 10.0. The Balaban J connectivity index is 2.93. The smallest absolute Gasteiger partial charge is 0.327 e. The summed E-state index contributed by atoms with van der Waals surface area (Å²) in [6.07, 6.45) is 2.08. The summed E-state index contributed by atoms with van der Waals surface area (Å²) in [6, 6.07) is -0.222. The second-order valence-corrected chi connectivity index (χ2v) is 5.44. The number of rotatable bonds is 7. The van der Waals surface area contributed by atoms with E-state index in [-0.39, 0.29) is 24.2 Å². The Morgan fingerprint density at radius 3 is 2.76 bits per heavy atom. The van der Waals surface area contributed by atoms with Crippen molar-refractivity contribution < 1.29 is 14.6 Å². The molecule has 0 aliphatic rings. The molecule has 0 aliphatic heterocycles. The first kappa shape index (κ1) is 17.5. The molecule has 0 saturated heterocycles. The first-order valence-electron chi connectivity index (χ1n) is 6.58. The summed E-state index contributed by atoms with van der Waals surface area (Å²) >= 11 is 5.99. The van der Waals surface area contributed by atoms with E-state index in [1.165, 1.54) is 13.3 Å². The Bertz CT molecular complexity index is 545. The van der Waals surface area contributed by atoms with Gasteiger partial charge in [0, 0.05) is 6.04 Å². The highest BCUT2D eigenvalue weighted by Gasteiger charge is 2.16. The number of aliphatic hydroxyl groups is 1. The SMILES string of the molecule is COC(=O)Cn1ncc(NC(CO)CC(C)C)c(Cl)c1=O. The zero-order valence-corrected chi connectivity index (χ0v) is 13.1. The van der Waals surface area contributed by atoms with E-state index in [0.29, 0.717) is 11.6 Å². The van der Waals surface area contributed by atoms with Gasteiger partial charge >= 0.3 is 5.97 Å². The largest absolute Gasteiger partial charge is 0.468 e. The fourth-order valence-corrected chi connectivity index (χ4v) is 2.03. The normalized spacial score (nSPS) is 12.3. The molecule has 21 heavy (non-hydrogen) atoms. The van der Waals surface area contributed by atoms with Crippen LogP contribution in [0, 0.1) is 5.92 Å². The molecule has 1 rings (SSSR count). The molecule has 1 aromatic rings. The minimum atomic E-state index is -0.590. The number of aliphatic hydroxyl groups excluding tert-OH is 1. The van der Waals surface area contributed by atoms with Crippen LogP contribution in [-0.2, 0) is 16.1 Å². The number of nitrogens with one attached hydrogen (secondary N) is 1. The van der Waals surface area contributed by atoms with Gasteiger partial charge in [-0.1, -0.05) is 25.4 Å². The Morgan fingerprint density at radius 1 is 1.57 bits per heavy atom. The Kier molecular flexibility index (Phi) is 6.64. The van der Waals surface area contributed by atoms with Crippen LogP contribution in [-0.4, -0.2) is 40.6 Å². The molecule has 0 saturated carbocycles. The molecular weight excluding hydrogens is 298 g/mol. The Labute approximate surface area is 127 Å². The van der Waals surface area contributed by atoms with Gasteiger partial charge in [0.1, 0.15) is 11.6 Å². The molecule has 0 aliphatic carbocycles. The minimum absolute atomic E-state index is 0.0730. The number of carbonyl (C=O) groups excluding carboxylic acids is 1. The van der Waals surface area contributed by atoms with Crippen molar-refractivity contribution in [3.8, 4) is 0 Å². The van der Waals surface area contributed by atoms with E-state index in [2.05, 4.69) is 15.2 Å². The second-order valence-electron chi connectivity index (χ2n) is 5.06. The van der Waals surface area contributed by atoms with Crippen molar-refractivity contribution in [2.75, 3.05) is 19.0 Å². The highest BCUT2D eigenvalue weighted by Crippen LogP contribution is 2.18. The summed E-state index contributed by atoms with van der Waals surface area (Å²) in [5.74, 6) is -0.213. The van der Waals surface area contributed by atoms with E-state index in [0.717, 1.165) is 11.1 Å². The molecule has 1 atom stereocenters. The Morgan fingerprint density at radius 2 is 2.24 bits per heavy atom. The van der Waals surface area contributed by atoms with Crippen LogP contribution in [0.4, 0.5) is 5.69 Å². The zero-order chi connectivity index (χ0) is 16.0. The van der Waals surface area contributed by atoms with Crippen LogP contribution in [0.3, 0.4) is 0 Å². The van der Waals surface area contributed by atoms with Crippen LogP contribution in [0.2, 0.25) is 5.02 Å². The minimum Gasteiger partial charge on any atom is -0.468 e. The summed E-state index contributed by atoms with van der Waals surface area (Å²) in [4.78, 5) is 23.2. The summed E-state index contributed by atoms with van der Waals surface area (Å²) in [5, 5.41) is 16.1. The molecule has 0 radical (unpaired) electrons. The topological polar surface area (TPSA) is 93.5 Å². The number of carbonyl (C=O) groups is 1. The molecule has 8 heteroatoms. The van der Waals surface area contributed by atoms with Gasteiger partial charge in [0.25, 0.3) is 5.56 Å². The number of aromatic nitrogens is 2. The maximum atomic E-state index is 12.0. The van der Waals surface area contributed by atoms with Crippen molar-refractivity contribution in [1.29, 1.82) is 0 Å². The highest BCUT2D eigenvalue weighted by atomic mass is 35.5. The molecular formula is C13H20ClN3O4. The predicted octanol–water partition coefficient (Wildman–Crippen LogP) is 0.889. The van der Waals surface area contributed by atoms with E-state index in [1.54, 1.807) is 0 Å². The van der Waals surface area contributed by atoms with Gasteiger partial charge in [0.15, 0.2) is 0 Å². The van der Waals surface area contributed by atoms with Crippen LogP contribution in [0.5, 0.6) is 0 Å². The fourth-order valence-electron chi connectivity index (χ4n) is 1.83. The van der Waals surface area contributed by atoms with Crippen LogP contribution in [0.1, 0.15) is 20.3 Å². The van der Waals surface area contributed by atoms with Crippen LogP contribution < -0.4 is 10.9 Å². The quantitative estimate of drug-likeness (QED) is 0.725. The molecule has 1 aromatic heterocycles. The summed E-state index contributed by atoms with van der Waals surface area (Å²) in [7, 11) is 1.22. The van der Waals surface area contributed by atoms with Crippen molar-refractivity contribution in [1.82, 2.24) is 9.78 Å². The van der Waals surface area contributed by atoms with Gasteiger partial charge in [-0.3, -0.25) is 9.59 Å². The number of nitrogens with zero attached hydrogens (tertiary/aromatic N) is 2. The van der Waals surface area contributed by atoms with E-state index >= 15 is 0 Å². The summed E-state index contributed by atoms with van der Waals surface area (Å²) in [5.41, 5.74) is -0.254. The first-order valence-corrected chi connectivity index (χ1v) is 6.96. The lowest BCUT2D eigenvalue weighted by Crippen LogP contribution is -2.31. The van der Waals surface area contributed by atoms with E-state index < -0.39 is 11.5 Å². The molecule has 0 fully saturated rings. The molecule has 0 amide bonds. The molecule has 0 spiro atoms. The van der Waals surface area contributed by atoms with Crippen LogP contribution >= 0.6 is 11.6 Å². The van der Waals surface area contributed by atoms with Crippen molar-refractivity contribution in [2.45, 2.75) is 32.9 Å². The average Bonchev–Trinajstić information content (AvgIpc) is 2.45. The summed E-state index contributed by atoms with van der Waals surface area (Å²) in [6.45, 7) is 3.67. The van der Waals surface area contributed by atoms with Crippen LogP contribution in [0.15, 0.2) is 11.0 Å². The predicted molar refractivity (Wildman–Crippen MR) is 79.5 cm³/mol. The van der Waals surface area contributed by atoms with Crippen molar-refractivity contribution in [3.63, 3.8) is 0 Å². The molecule has 0 bridgehead atoms. The van der Waals surface area contributed by atoms with Gasteiger partial charge < -0.3 is 15.2 Å². The molecule has 1 unspecified atom stereocenters. The van der Waals surface area contributed by atoms with Crippen molar-refractivity contribution in [2.24, 2.45) is 5.92 Å². The number of esters is 1. The fraction of sp³-hybridized carbons (Fsp3) is 0.615. The average molecular weight is 318 g/mol. The molecule has 7 nitrogen and oxygen atoms in total. The van der Waals surface area contributed by atoms with Crippen LogP contribution in [0.25, 0.3) is 0 Å². The molecule has 2 N–H and O–H groups in total. The third kappa shape index (κ3) is 5.02. The molecule has 118 valence electrons. The first-order chi connectivity index (χ1) is 9.88. The monoisotopic (exact) mass is 317 g/mol. The van der Waals surface area contributed by atoms with Gasteiger partial charge in [0.05, 0.1) is 25.6 Å². The second kappa shape index (κ2) is 7.99. The van der Waals surface area contributed by atoms with E-state index in [9.17, 15) is 14.7 Å². The third-order valence-corrected chi connectivity index (χ3v) is 3.19. The lowest BCUT2D eigenvalue weighted by molar-refractivity contribution is -0.141. The lowest BCUT2D eigenvalue weighted by Gasteiger charge is -2.20. The Hall–Kier alpha value is -1.60. The van der Waals surface area contributed by atoms with E-state index in [4.69, 9.17) is 11.6 Å². The van der Waals surface area contributed by atoms with Gasteiger partial charge in [-0.15, -0.1) is 0 Å². The number of methoxy groups -OCH3 is 1. The number of hydrogen-bond donors (Lipinski definition) is 2. The number of halogens is 1. The number of anilines is 1. The van der Waals surface area contributed by atoms with E-state index in [1.807, 2.05) is 13.8 Å². The third-order valence-electron chi connectivity index (χ3n) is 2.83. The number of hydrogen-bond acceptors (Lipinski definition) is 6. The maximum absolute atomic E-state index is 12.0. The molecule has 0 aromatic carbocycles. The van der Waals surface area contributed by atoms with Gasteiger partial charge in [-0.05, 0) is 12.3 Å².